The molecule has 3 N–H and O–H groups in total. The van der Waals surface area contributed by atoms with E-state index in [1.54, 1.807) is 0 Å². The molecule has 26 heavy (non-hydrogen) atoms. The van der Waals surface area contributed by atoms with Gasteiger partial charge in [0.05, 0.1) is 13.2 Å². The summed E-state index contributed by atoms with van der Waals surface area (Å²) in [6.45, 7) is 3.29. The second-order valence-electron chi connectivity index (χ2n) is 6.73. The predicted molar refractivity (Wildman–Crippen MR) is 106 cm³/mol. The molecule has 2 aromatic rings. The largest absolute Gasteiger partial charge is 0.378 e. The van der Waals surface area contributed by atoms with Crippen LogP contribution in [0.2, 0.25) is 0 Å². The van der Waals surface area contributed by atoms with Crippen molar-refractivity contribution in [2.45, 2.75) is 18.4 Å². The first-order chi connectivity index (χ1) is 12.2. The van der Waals surface area contributed by atoms with Crippen molar-refractivity contribution in [1.29, 1.82) is 0 Å². The Kier molecular flexibility index (Phi) is 5.81. The fourth-order valence-corrected chi connectivity index (χ4v) is 3.26. The molecule has 1 heterocycles. The topological polar surface area (TPSA) is 67.6 Å². The number of benzene rings is 2. The standard InChI is InChI=1S/C20H23N3O2.ClH/c21-19-13-18(19)14-1-5-16(6-2-14)22-20(24)15-3-7-17(8-4-15)23-9-11-25-12-10-23;/h1-8,18-19H,9-13,21H2,(H,22,24);1H/t18-,19+;/m0./s1. The first-order valence-corrected chi connectivity index (χ1v) is 8.80. The average molecular weight is 374 g/mol. The van der Waals surface area contributed by atoms with E-state index >= 15 is 0 Å². The summed E-state index contributed by atoms with van der Waals surface area (Å²) >= 11 is 0. The smallest absolute Gasteiger partial charge is 0.255 e. The Hall–Kier alpha value is -2.08. The van der Waals surface area contributed by atoms with Gasteiger partial charge in [-0.25, -0.2) is 0 Å². The average Bonchev–Trinajstić information content (AvgIpc) is 3.40. The summed E-state index contributed by atoms with van der Waals surface area (Å²) in [4.78, 5) is 14.7. The van der Waals surface area contributed by atoms with Crippen LogP contribution < -0.4 is 16.0 Å². The van der Waals surface area contributed by atoms with Gasteiger partial charge in [0.1, 0.15) is 0 Å². The van der Waals surface area contributed by atoms with Crippen LogP contribution in [0.25, 0.3) is 0 Å². The molecule has 6 heteroatoms. The van der Waals surface area contributed by atoms with E-state index in [9.17, 15) is 4.79 Å². The molecule has 5 nitrogen and oxygen atoms in total. The van der Waals surface area contributed by atoms with Crippen molar-refractivity contribution in [3.8, 4) is 0 Å². The summed E-state index contributed by atoms with van der Waals surface area (Å²) in [6.07, 6.45) is 1.06. The van der Waals surface area contributed by atoms with Crippen molar-refractivity contribution in [2.24, 2.45) is 5.73 Å². The molecule has 1 saturated carbocycles. The van der Waals surface area contributed by atoms with Gasteiger partial charge >= 0.3 is 0 Å². The summed E-state index contributed by atoms with van der Waals surface area (Å²) in [7, 11) is 0. The number of nitrogens with one attached hydrogen (secondary N) is 1. The lowest BCUT2D eigenvalue weighted by atomic mass is 10.1. The Labute approximate surface area is 159 Å². The summed E-state index contributed by atoms with van der Waals surface area (Å²) in [6, 6.07) is 16.0. The zero-order chi connectivity index (χ0) is 17.2. The third-order valence-corrected chi connectivity index (χ3v) is 4.94. The molecule has 4 rings (SSSR count). The predicted octanol–water partition coefficient (Wildman–Crippen LogP) is 3.01. The molecule has 2 atom stereocenters. The minimum absolute atomic E-state index is 0. The molecular formula is C20H24ClN3O2. The Morgan fingerprint density at radius 2 is 1.65 bits per heavy atom. The second-order valence-corrected chi connectivity index (χ2v) is 6.73. The number of rotatable bonds is 4. The highest BCUT2D eigenvalue weighted by Crippen LogP contribution is 2.39. The molecular weight excluding hydrogens is 350 g/mol. The minimum Gasteiger partial charge on any atom is -0.378 e. The highest BCUT2D eigenvalue weighted by Gasteiger charge is 2.34. The summed E-state index contributed by atoms with van der Waals surface area (Å²) in [5.74, 6) is 0.391. The Balaban J connectivity index is 0.00000196. The summed E-state index contributed by atoms with van der Waals surface area (Å²) < 4.78 is 5.37. The van der Waals surface area contributed by atoms with Gasteiger partial charge in [-0.05, 0) is 48.4 Å². The fraction of sp³-hybridized carbons (Fsp3) is 0.350. The zero-order valence-electron chi connectivity index (χ0n) is 14.6. The number of halogens is 1. The summed E-state index contributed by atoms with van der Waals surface area (Å²) in [5, 5.41) is 2.95. The van der Waals surface area contributed by atoms with Crippen LogP contribution in [0, 0.1) is 0 Å². The monoisotopic (exact) mass is 373 g/mol. The van der Waals surface area contributed by atoms with Crippen LogP contribution in [0.1, 0.15) is 28.3 Å². The third kappa shape index (κ3) is 4.18. The van der Waals surface area contributed by atoms with Gasteiger partial charge in [-0.15, -0.1) is 12.4 Å². The molecule has 1 aliphatic carbocycles. The molecule has 2 fully saturated rings. The normalized spacial score (nSPS) is 21.7. The number of nitrogens with zero attached hydrogens (tertiary/aromatic N) is 1. The number of morpholine rings is 1. The molecule has 0 aromatic heterocycles. The van der Waals surface area contributed by atoms with Gasteiger partial charge < -0.3 is 20.7 Å². The van der Waals surface area contributed by atoms with E-state index in [1.165, 1.54) is 5.56 Å². The quantitative estimate of drug-likeness (QED) is 0.864. The van der Waals surface area contributed by atoms with E-state index in [4.69, 9.17) is 10.5 Å². The van der Waals surface area contributed by atoms with Crippen LogP contribution in [-0.2, 0) is 4.74 Å². The molecule has 1 saturated heterocycles. The summed E-state index contributed by atoms with van der Waals surface area (Å²) in [5.41, 5.74) is 9.72. The van der Waals surface area contributed by atoms with Crippen molar-refractivity contribution in [1.82, 2.24) is 0 Å². The van der Waals surface area contributed by atoms with E-state index in [0.29, 0.717) is 17.5 Å². The van der Waals surface area contributed by atoms with Crippen LogP contribution in [0.3, 0.4) is 0 Å². The van der Waals surface area contributed by atoms with Crippen molar-refractivity contribution in [2.75, 3.05) is 36.5 Å². The fourth-order valence-electron chi connectivity index (χ4n) is 3.26. The molecule has 1 aliphatic heterocycles. The van der Waals surface area contributed by atoms with E-state index in [1.807, 2.05) is 36.4 Å². The van der Waals surface area contributed by atoms with Gasteiger partial charge in [-0.1, -0.05) is 12.1 Å². The molecule has 1 amide bonds. The van der Waals surface area contributed by atoms with Crippen molar-refractivity contribution in [3.05, 3.63) is 59.7 Å². The van der Waals surface area contributed by atoms with Gasteiger partial charge in [-0.3, -0.25) is 4.79 Å². The second kappa shape index (κ2) is 8.08. The van der Waals surface area contributed by atoms with Gasteiger partial charge in [0.15, 0.2) is 0 Å². The maximum atomic E-state index is 12.4. The van der Waals surface area contributed by atoms with Crippen molar-refractivity contribution in [3.63, 3.8) is 0 Å². The molecule has 2 aromatic carbocycles. The van der Waals surface area contributed by atoms with Crippen molar-refractivity contribution >= 4 is 29.7 Å². The van der Waals surface area contributed by atoms with Gasteiger partial charge in [0.2, 0.25) is 0 Å². The SMILES string of the molecule is Cl.N[C@@H]1C[C@H]1c1ccc(NC(=O)c2ccc(N3CCOCC3)cc2)cc1. The number of carbonyl (C=O) groups is 1. The molecule has 0 radical (unpaired) electrons. The van der Waals surface area contributed by atoms with E-state index in [2.05, 4.69) is 22.3 Å². The van der Waals surface area contributed by atoms with E-state index in [0.717, 1.165) is 44.1 Å². The maximum Gasteiger partial charge on any atom is 0.255 e. The molecule has 2 aliphatic rings. The van der Waals surface area contributed by atoms with Crippen LogP contribution >= 0.6 is 12.4 Å². The minimum atomic E-state index is -0.0931. The first-order valence-electron chi connectivity index (χ1n) is 8.80. The Morgan fingerprint density at radius 1 is 1.04 bits per heavy atom. The lowest BCUT2D eigenvalue weighted by Gasteiger charge is -2.28. The molecule has 0 bridgehead atoms. The number of nitrogens with two attached hydrogens (primary N) is 1. The van der Waals surface area contributed by atoms with Gasteiger partial charge in [-0.2, -0.15) is 0 Å². The number of hydrogen-bond acceptors (Lipinski definition) is 4. The number of carbonyl (C=O) groups excluding carboxylic acids is 1. The van der Waals surface area contributed by atoms with E-state index < -0.39 is 0 Å². The number of amides is 1. The maximum absolute atomic E-state index is 12.4. The van der Waals surface area contributed by atoms with Crippen molar-refractivity contribution < 1.29 is 9.53 Å². The number of anilines is 2. The van der Waals surface area contributed by atoms with Gasteiger partial charge in [0.25, 0.3) is 5.91 Å². The molecule has 0 spiro atoms. The third-order valence-electron chi connectivity index (χ3n) is 4.94. The Morgan fingerprint density at radius 3 is 2.23 bits per heavy atom. The lowest BCUT2D eigenvalue weighted by molar-refractivity contribution is 0.102. The first kappa shape index (κ1) is 18.7. The zero-order valence-corrected chi connectivity index (χ0v) is 15.4. The molecule has 0 unspecified atom stereocenters. The van der Waals surface area contributed by atoms with Crippen LogP contribution in [0.4, 0.5) is 11.4 Å². The van der Waals surface area contributed by atoms with E-state index in [-0.39, 0.29) is 18.3 Å². The molecule has 138 valence electrons. The Bertz CT molecular complexity index is 743. The van der Waals surface area contributed by atoms with Gasteiger partial charge in [0, 0.05) is 42.0 Å². The highest BCUT2D eigenvalue weighted by atomic mass is 35.5. The van der Waals surface area contributed by atoms with Crippen LogP contribution in [0.15, 0.2) is 48.5 Å². The van der Waals surface area contributed by atoms with Crippen LogP contribution in [0.5, 0.6) is 0 Å². The lowest BCUT2D eigenvalue weighted by Crippen LogP contribution is -2.36. The van der Waals surface area contributed by atoms with Crippen LogP contribution in [-0.4, -0.2) is 38.3 Å². The highest BCUT2D eigenvalue weighted by molar-refractivity contribution is 6.04. The number of ether oxygens (including phenoxy) is 1. The number of hydrogen-bond donors (Lipinski definition) is 2.